The predicted molar refractivity (Wildman–Crippen MR) is 87.5 cm³/mol. The van der Waals surface area contributed by atoms with Gasteiger partial charge in [-0.2, -0.15) is 0 Å². The Morgan fingerprint density at radius 3 is 3.05 bits per heavy atom. The highest BCUT2D eigenvalue weighted by Gasteiger charge is 2.20. The fourth-order valence-corrected chi connectivity index (χ4v) is 3.38. The van der Waals surface area contributed by atoms with Gasteiger partial charge in [-0.05, 0) is 49.3 Å². The minimum atomic E-state index is 0.291. The summed E-state index contributed by atoms with van der Waals surface area (Å²) in [6.07, 6.45) is 10.7. The third-order valence-electron chi connectivity index (χ3n) is 4.64. The van der Waals surface area contributed by atoms with Crippen molar-refractivity contribution in [1.29, 1.82) is 0 Å². The Kier molecular flexibility index (Phi) is 4.66. The maximum absolute atomic E-state index is 11.9. The average molecular weight is 297 g/mol. The number of aromatic nitrogens is 2. The first-order valence-corrected chi connectivity index (χ1v) is 8.23. The van der Waals surface area contributed by atoms with E-state index in [0.29, 0.717) is 18.2 Å². The highest BCUT2D eigenvalue weighted by molar-refractivity contribution is 5.80. The van der Waals surface area contributed by atoms with Crippen molar-refractivity contribution in [3.63, 3.8) is 0 Å². The van der Waals surface area contributed by atoms with Gasteiger partial charge >= 0.3 is 0 Å². The molecule has 4 heteroatoms. The molecule has 2 aromatic rings. The van der Waals surface area contributed by atoms with Gasteiger partial charge in [-0.1, -0.05) is 6.92 Å². The molecule has 0 spiro atoms. The zero-order chi connectivity index (χ0) is 15.4. The summed E-state index contributed by atoms with van der Waals surface area (Å²) in [6, 6.07) is 4.08. The lowest BCUT2D eigenvalue weighted by molar-refractivity contribution is -0.130. The number of amides is 1. The fourth-order valence-electron chi connectivity index (χ4n) is 3.38. The molecule has 0 aliphatic carbocycles. The van der Waals surface area contributed by atoms with E-state index in [2.05, 4.69) is 16.0 Å². The maximum atomic E-state index is 11.9. The molecule has 1 atom stereocenters. The zero-order valence-corrected chi connectivity index (χ0v) is 13.2. The molecule has 1 amide bonds. The molecule has 0 radical (unpaired) electrons. The molecule has 2 aromatic heterocycles. The Morgan fingerprint density at radius 2 is 2.18 bits per heavy atom. The Bertz CT molecular complexity index is 650. The topological polar surface area (TPSA) is 46.1 Å². The van der Waals surface area contributed by atoms with Crippen molar-refractivity contribution in [3.8, 4) is 0 Å². The van der Waals surface area contributed by atoms with Crippen molar-refractivity contribution in [1.82, 2.24) is 14.9 Å². The van der Waals surface area contributed by atoms with Gasteiger partial charge < -0.3 is 4.90 Å². The number of pyridine rings is 2. The summed E-state index contributed by atoms with van der Waals surface area (Å²) < 4.78 is 0. The Hall–Kier alpha value is -1.97. The van der Waals surface area contributed by atoms with Gasteiger partial charge in [0.15, 0.2) is 0 Å². The van der Waals surface area contributed by atoms with Gasteiger partial charge in [0.25, 0.3) is 0 Å². The smallest absolute Gasteiger partial charge is 0.222 e. The van der Waals surface area contributed by atoms with E-state index in [0.717, 1.165) is 43.3 Å². The standard InChI is InChI=1S/C18H23N3O/c1-2-18(22)21-10-3-4-14(7-11-21)12-15-5-9-20-17-6-8-19-13-16(15)17/h5-6,8-9,13-14H,2-4,7,10-12H2,1H3/t14-/m0/s1. The highest BCUT2D eigenvalue weighted by atomic mass is 16.2. The van der Waals surface area contributed by atoms with Crippen molar-refractivity contribution in [2.75, 3.05) is 13.1 Å². The van der Waals surface area contributed by atoms with E-state index in [1.165, 1.54) is 12.0 Å². The number of rotatable bonds is 3. The van der Waals surface area contributed by atoms with Gasteiger partial charge in [0.05, 0.1) is 5.52 Å². The number of hydrogen-bond donors (Lipinski definition) is 0. The van der Waals surface area contributed by atoms with E-state index in [9.17, 15) is 4.79 Å². The molecule has 0 bridgehead atoms. The third kappa shape index (κ3) is 3.26. The molecular formula is C18H23N3O. The summed E-state index contributed by atoms with van der Waals surface area (Å²) in [4.78, 5) is 22.5. The second-order valence-electron chi connectivity index (χ2n) is 6.10. The molecule has 0 N–H and O–H groups in total. The van der Waals surface area contributed by atoms with E-state index in [1.807, 2.05) is 30.3 Å². The van der Waals surface area contributed by atoms with Crippen LogP contribution in [0.2, 0.25) is 0 Å². The van der Waals surface area contributed by atoms with Crippen molar-refractivity contribution in [2.45, 2.75) is 39.0 Å². The SMILES string of the molecule is CCC(=O)N1CCC[C@H](Cc2ccnc3ccncc23)CC1. The van der Waals surface area contributed by atoms with Gasteiger partial charge in [-0.25, -0.2) is 0 Å². The van der Waals surface area contributed by atoms with E-state index in [4.69, 9.17) is 0 Å². The highest BCUT2D eigenvalue weighted by Crippen LogP contribution is 2.25. The van der Waals surface area contributed by atoms with E-state index in [-0.39, 0.29) is 0 Å². The predicted octanol–water partition coefficient (Wildman–Crippen LogP) is 3.21. The largest absolute Gasteiger partial charge is 0.343 e. The lowest BCUT2D eigenvalue weighted by Crippen LogP contribution is -2.31. The van der Waals surface area contributed by atoms with Crippen LogP contribution in [0, 0.1) is 5.92 Å². The molecule has 1 fully saturated rings. The number of carbonyl (C=O) groups is 1. The molecule has 1 aliphatic rings. The molecule has 1 saturated heterocycles. The summed E-state index contributed by atoms with van der Waals surface area (Å²) >= 11 is 0. The minimum Gasteiger partial charge on any atom is -0.343 e. The monoisotopic (exact) mass is 297 g/mol. The number of carbonyl (C=O) groups excluding carboxylic acids is 1. The van der Waals surface area contributed by atoms with E-state index in [1.54, 1.807) is 6.20 Å². The minimum absolute atomic E-state index is 0.291. The summed E-state index contributed by atoms with van der Waals surface area (Å²) in [6.45, 7) is 3.77. The quantitative estimate of drug-likeness (QED) is 0.874. The van der Waals surface area contributed by atoms with Gasteiger partial charge in [0.2, 0.25) is 5.91 Å². The normalized spacial score (nSPS) is 19.1. The van der Waals surface area contributed by atoms with Crippen LogP contribution in [-0.2, 0) is 11.2 Å². The summed E-state index contributed by atoms with van der Waals surface area (Å²) in [7, 11) is 0. The van der Waals surface area contributed by atoms with Crippen LogP contribution in [0.5, 0.6) is 0 Å². The second-order valence-corrected chi connectivity index (χ2v) is 6.10. The maximum Gasteiger partial charge on any atom is 0.222 e. The van der Waals surface area contributed by atoms with Crippen LogP contribution < -0.4 is 0 Å². The van der Waals surface area contributed by atoms with Crippen LogP contribution in [0.25, 0.3) is 10.9 Å². The average Bonchev–Trinajstić information content (AvgIpc) is 2.80. The molecule has 4 nitrogen and oxygen atoms in total. The Balaban J connectivity index is 1.71. The number of nitrogens with zero attached hydrogens (tertiary/aromatic N) is 3. The van der Waals surface area contributed by atoms with E-state index >= 15 is 0 Å². The molecule has 3 rings (SSSR count). The van der Waals surface area contributed by atoms with Gasteiger partial charge in [-0.15, -0.1) is 0 Å². The summed E-state index contributed by atoms with van der Waals surface area (Å²) in [5, 5.41) is 1.16. The van der Waals surface area contributed by atoms with Gasteiger partial charge in [0, 0.05) is 43.5 Å². The molecule has 22 heavy (non-hydrogen) atoms. The van der Waals surface area contributed by atoms with Crippen molar-refractivity contribution in [3.05, 3.63) is 36.3 Å². The third-order valence-corrected chi connectivity index (χ3v) is 4.64. The van der Waals surface area contributed by atoms with Crippen molar-refractivity contribution in [2.24, 2.45) is 5.92 Å². The van der Waals surface area contributed by atoms with Crippen LogP contribution in [-0.4, -0.2) is 33.9 Å². The van der Waals surface area contributed by atoms with Gasteiger partial charge in [-0.3, -0.25) is 14.8 Å². The first kappa shape index (κ1) is 14.9. The number of hydrogen-bond acceptors (Lipinski definition) is 3. The first-order valence-electron chi connectivity index (χ1n) is 8.23. The van der Waals surface area contributed by atoms with Crippen LogP contribution in [0.1, 0.15) is 38.2 Å². The number of likely N-dealkylation sites (tertiary alicyclic amines) is 1. The number of fused-ring (bicyclic) bond motifs is 1. The second kappa shape index (κ2) is 6.86. The Morgan fingerprint density at radius 1 is 1.27 bits per heavy atom. The molecule has 0 aromatic carbocycles. The van der Waals surface area contributed by atoms with Crippen LogP contribution in [0.4, 0.5) is 0 Å². The summed E-state index contributed by atoms with van der Waals surface area (Å²) in [5.74, 6) is 0.930. The molecular weight excluding hydrogens is 274 g/mol. The summed E-state index contributed by atoms with van der Waals surface area (Å²) in [5.41, 5.74) is 2.35. The van der Waals surface area contributed by atoms with Crippen molar-refractivity contribution < 1.29 is 4.79 Å². The molecule has 0 saturated carbocycles. The van der Waals surface area contributed by atoms with Crippen LogP contribution in [0.15, 0.2) is 30.7 Å². The van der Waals surface area contributed by atoms with Gasteiger partial charge in [0.1, 0.15) is 0 Å². The zero-order valence-electron chi connectivity index (χ0n) is 13.2. The Labute approximate surface area is 131 Å². The lowest BCUT2D eigenvalue weighted by Gasteiger charge is -2.20. The van der Waals surface area contributed by atoms with Crippen LogP contribution in [0.3, 0.4) is 0 Å². The fraction of sp³-hybridized carbons (Fsp3) is 0.500. The van der Waals surface area contributed by atoms with Crippen molar-refractivity contribution >= 4 is 16.8 Å². The molecule has 3 heterocycles. The first-order chi connectivity index (χ1) is 10.8. The lowest BCUT2D eigenvalue weighted by atomic mass is 9.92. The molecule has 116 valence electrons. The molecule has 1 aliphatic heterocycles. The van der Waals surface area contributed by atoms with Crippen LogP contribution >= 0.6 is 0 Å². The molecule has 0 unspecified atom stereocenters. The van der Waals surface area contributed by atoms with E-state index < -0.39 is 0 Å².